The maximum atomic E-state index is 13.8. The molecular formula is C19H18F2N2S. The number of benzene rings is 2. The van der Waals surface area contributed by atoms with Crippen LogP contribution in [0.3, 0.4) is 0 Å². The number of fused-ring (bicyclic) bond motifs is 3. The van der Waals surface area contributed by atoms with Crippen LogP contribution in [0.1, 0.15) is 35.7 Å². The van der Waals surface area contributed by atoms with Crippen molar-refractivity contribution in [3.8, 4) is 0 Å². The van der Waals surface area contributed by atoms with E-state index in [1.807, 2.05) is 0 Å². The number of aromatic nitrogens is 1. The Kier molecular flexibility index (Phi) is 4.06. The number of aryl methyl sites for hydroxylation is 2. The minimum atomic E-state index is -0.532. The molecule has 0 amide bonds. The first-order chi connectivity index (χ1) is 11.6. The van der Waals surface area contributed by atoms with Gasteiger partial charge in [0, 0.05) is 16.6 Å². The Bertz CT molecular complexity index is 884. The Morgan fingerprint density at radius 3 is 2.75 bits per heavy atom. The molecule has 2 N–H and O–H groups in total. The molecule has 1 heterocycles. The normalized spacial score (nSPS) is 17.2. The number of rotatable bonds is 3. The number of nitrogens with one attached hydrogen (secondary N) is 2. The lowest BCUT2D eigenvalue weighted by Crippen LogP contribution is -2.20. The molecule has 1 aliphatic carbocycles. The summed E-state index contributed by atoms with van der Waals surface area (Å²) in [6.45, 7) is 2.09. The van der Waals surface area contributed by atoms with Crippen LogP contribution in [-0.4, -0.2) is 4.98 Å². The summed E-state index contributed by atoms with van der Waals surface area (Å²) in [5, 5.41) is 1.26. The molecule has 0 radical (unpaired) electrons. The van der Waals surface area contributed by atoms with E-state index in [1.54, 1.807) is 0 Å². The van der Waals surface area contributed by atoms with E-state index in [2.05, 4.69) is 34.8 Å². The Balaban J connectivity index is 1.64. The highest BCUT2D eigenvalue weighted by Gasteiger charge is 2.25. The van der Waals surface area contributed by atoms with Crippen LogP contribution in [-0.2, 0) is 6.42 Å². The second kappa shape index (κ2) is 6.22. The molecule has 124 valence electrons. The van der Waals surface area contributed by atoms with E-state index >= 15 is 0 Å². The molecule has 0 fully saturated rings. The molecule has 1 aliphatic rings. The van der Waals surface area contributed by atoms with E-state index in [4.69, 9.17) is 0 Å². The van der Waals surface area contributed by atoms with Gasteiger partial charge in [-0.1, -0.05) is 17.7 Å². The monoisotopic (exact) mass is 344 g/mol. The number of hydrogen-bond acceptors (Lipinski definition) is 2. The predicted octanol–water partition coefficient (Wildman–Crippen LogP) is 5.43. The van der Waals surface area contributed by atoms with Gasteiger partial charge in [-0.05, 0) is 68.0 Å². The van der Waals surface area contributed by atoms with Crippen LogP contribution in [0.5, 0.6) is 0 Å². The van der Waals surface area contributed by atoms with Gasteiger partial charge in [-0.2, -0.15) is 0 Å². The maximum absolute atomic E-state index is 13.8. The first-order valence-corrected chi connectivity index (χ1v) is 8.92. The molecule has 3 aromatic rings. The molecule has 0 spiro atoms. The molecule has 1 unspecified atom stereocenters. The van der Waals surface area contributed by atoms with Crippen LogP contribution in [0.2, 0.25) is 0 Å². The molecule has 0 saturated carbocycles. The number of aromatic amines is 1. The van der Waals surface area contributed by atoms with Crippen LogP contribution in [0.4, 0.5) is 8.78 Å². The molecule has 1 aromatic heterocycles. The SMILES string of the molecule is Cc1ccc2[nH]c3c(c2c1)CCCC3NSc1c(F)cccc1F. The highest BCUT2D eigenvalue weighted by atomic mass is 32.2. The lowest BCUT2D eigenvalue weighted by atomic mass is 9.92. The van der Waals surface area contributed by atoms with E-state index in [0.29, 0.717) is 0 Å². The van der Waals surface area contributed by atoms with E-state index in [-0.39, 0.29) is 10.9 Å². The second-order valence-corrected chi connectivity index (χ2v) is 7.13. The van der Waals surface area contributed by atoms with Crippen molar-refractivity contribution in [1.29, 1.82) is 0 Å². The highest BCUT2D eigenvalue weighted by Crippen LogP contribution is 2.37. The molecular weight excluding hydrogens is 326 g/mol. The van der Waals surface area contributed by atoms with E-state index < -0.39 is 11.6 Å². The Hall–Kier alpha value is -1.85. The standard InChI is InChI=1S/C19H18F2N2S/c1-11-8-9-16-13(10-11)12-4-2-7-17(18(12)22-16)23-24-19-14(20)5-3-6-15(19)21/h3,5-6,8-10,17,22-23H,2,4,7H2,1H3. The molecule has 2 aromatic carbocycles. The number of halogens is 2. The van der Waals surface area contributed by atoms with E-state index in [1.165, 1.54) is 34.7 Å². The van der Waals surface area contributed by atoms with Crippen molar-refractivity contribution in [2.45, 2.75) is 37.1 Å². The van der Waals surface area contributed by atoms with Gasteiger partial charge in [-0.15, -0.1) is 0 Å². The summed E-state index contributed by atoms with van der Waals surface area (Å²) < 4.78 is 30.9. The number of H-pyrrole nitrogens is 1. The molecule has 0 saturated heterocycles. The molecule has 0 bridgehead atoms. The lowest BCUT2D eigenvalue weighted by molar-refractivity contribution is 0.524. The zero-order valence-corrected chi connectivity index (χ0v) is 14.1. The van der Waals surface area contributed by atoms with Gasteiger partial charge in [0.1, 0.15) is 11.6 Å². The minimum absolute atomic E-state index is 0.0246. The van der Waals surface area contributed by atoms with Crippen molar-refractivity contribution in [3.63, 3.8) is 0 Å². The third kappa shape index (κ3) is 2.72. The van der Waals surface area contributed by atoms with Gasteiger partial charge >= 0.3 is 0 Å². The second-order valence-electron chi connectivity index (χ2n) is 6.28. The van der Waals surface area contributed by atoms with Gasteiger partial charge in [-0.3, -0.25) is 4.72 Å². The van der Waals surface area contributed by atoms with Crippen LogP contribution in [0, 0.1) is 18.6 Å². The van der Waals surface area contributed by atoms with Gasteiger partial charge in [0.25, 0.3) is 0 Å². The Labute approximate surface area is 143 Å². The fourth-order valence-electron chi connectivity index (χ4n) is 3.40. The summed E-state index contributed by atoms with van der Waals surface area (Å²) in [6.07, 6.45) is 3.05. The smallest absolute Gasteiger partial charge is 0.141 e. The summed E-state index contributed by atoms with van der Waals surface area (Å²) in [7, 11) is 0. The third-order valence-electron chi connectivity index (χ3n) is 4.58. The van der Waals surface area contributed by atoms with Crippen molar-refractivity contribution >= 4 is 22.9 Å². The minimum Gasteiger partial charge on any atom is -0.357 e. The average molecular weight is 344 g/mol. The van der Waals surface area contributed by atoms with Crippen LogP contribution in [0.25, 0.3) is 10.9 Å². The van der Waals surface area contributed by atoms with Gasteiger partial charge in [-0.25, -0.2) is 8.78 Å². The summed E-state index contributed by atoms with van der Waals surface area (Å²) in [5.74, 6) is -1.06. The summed E-state index contributed by atoms with van der Waals surface area (Å²) in [6, 6.07) is 10.4. The van der Waals surface area contributed by atoms with Gasteiger partial charge < -0.3 is 4.98 Å². The molecule has 4 rings (SSSR count). The number of hydrogen-bond donors (Lipinski definition) is 2. The molecule has 24 heavy (non-hydrogen) atoms. The van der Waals surface area contributed by atoms with Gasteiger partial charge in [0.05, 0.1) is 10.9 Å². The molecule has 1 atom stereocenters. The van der Waals surface area contributed by atoms with Crippen molar-refractivity contribution in [1.82, 2.24) is 9.71 Å². The summed E-state index contributed by atoms with van der Waals surface area (Å²) in [5.41, 5.74) is 4.83. The average Bonchev–Trinajstić information content (AvgIpc) is 2.93. The topological polar surface area (TPSA) is 27.8 Å². The zero-order chi connectivity index (χ0) is 16.7. The predicted molar refractivity (Wildman–Crippen MR) is 94.1 cm³/mol. The van der Waals surface area contributed by atoms with Crippen molar-refractivity contribution < 1.29 is 8.78 Å². The van der Waals surface area contributed by atoms with Crippen LogP contribution >= 0.6 is 11.9 Å². The Morgan fingerprint density at radius 2 is 1.96 bits per heavy atom. The van der Waals surface area contributed by atoms with Gasteiger partial charge in [0.15, 0.2) is 0 Å². The van der Waals surface area contributed by atoms with Crippen LogP contribution < -0.4 is 4.72 Å². The highest BCUT2D eigenvalue weighted by molar-refractivity contribution is 7.97. The molecule has 5 heteroatoms. The van der Waals surface area contributed by atoms with E-state index in [9.17, 15) is 8.78 Å². The quantitative estimate of drug-likeness (QED) is 0.620. The Morgan fingerprint density at radius 1 is 1.17 bits per heavy atom. The maximum Gasteiger partial charge on any atom is 0.141 e. The largest absolute Gasteiger partial charge is 0.357 e. The lowest BCUT2D eigenvalue weighted by Gasteiger charge is -2.23. The fraction of sp³-hybridized carbons (Fsp3) is 0.263. The molecule has 2 nitrogen and oxygen atoms in total. The van der Waals surface area contributed by atoms with Crippen LogP contribution in [0.15, 0.2) is 41.3 Å². The first kappa shape index (κ1) is 15.7. The summed E-state index contributed by atoms with van der Waals surface area (Å²) >= 11 is 1.04. The van der Waals surface area contributed by atoms with Crippen molar-refractivity contribution in [2.75, 3.05) is 0 Å². The van der Waals surface area contributed by atoms with Gasteiger partial charge in [0.2, 0.25) is 0 Å². The fourth-order valence-corrected chi connectivity index (χ4v) is 4.23. The van der Waals surface area contributed by atoms with Crippen molar-refractivity contribution in [3.05, 3.63) is 64.9 Å². The first-order valence-electron chi connectivity index (χ1n) is 8.11. The molecule has 0 aliphatic heterocycles. The van der Waals surface area contributed by atoms with Crippen molar-refractivity contribution in [2.24, 2.45) is 0 Å². The third-order valence-corrected chi connectivity index (χ3v) is 5.58. The summed E-state index contributed by atoms with van der Waals surface area (Å²) in [4.78, 5) is 3.52. The zero-order valence-electron chi connectivity index (χ0n) is 13.3. The van der Waals surface area contributed by atoms with E-state index in [0.717, 1.165) is 42.4 Å².